The number of thioether (sulfide) groups is 1. The lowest BCUT2D eigenvalue weighted by atomic mass is 9.90. The highest BCUT2D eigenvalue weighted by Gasteiger charge is 2.33. The van der Waals surface area contributed by atoms with E-state index in [9.17, 15) is 4.79 Å². The van der Waals surface area contributed by atoms with Gasteiger partial charge in [0.25, 0.3) is 0 Å². The molecule has 0 amide bonds. The third kappa shape index (κ3) is 3.86. The van der Waals surface area contributed by atoms with Gasteiger partial charge < -0.3 is 19.1 Å². The summed E-state index contributed by atoms with van der Waals surface area (Å²) in [4.78, 5) is 29.1. The van der Waals surface area contributed by atoms with Crippen molar-refractivity contribution in [1.29, 1.82) is 0 Å². The van der Waals surface area contributed by atoms with E-state index in [2.05, 4.69) is 28.7 Å². The van der Waals surface area contributed by atoms with Crippen molar-refractivity contribution in [1.82, 2.24) is 15.0 Å². The van der Waals surface area contributed by atoms with Gasteiger partial charge in [0.2, 0.25) is 0 Å². The van der Waals surface area contributed by atoms with E-state index in [1.165, 1.54) is 24.4 Å². The molecule has 5 rings (SSSR count). The molecule has 164 valence electrons. The van der Waals surface area contributed by atoms with Gasteiger partial charge in [0.1, 0.15) is 22.0 Å². The summed E-state index contributed by atoms with van der Waals surface area (Å²) in [6.07, 6.45) is 2.36. The summed E-state index contributed by atoms with van der Waals surface area (Å²) in [6.45, 7) is 7.82. The Kier molecular flexibility index (Phi) is 5.49. The molecular formula is C21H24N4O4S2. The second kappa shape index (κ2) is 8.16. The maximum atomic E-state index is 11.7. The van der Waals surface area contributed by atoms with Crippen molar-refractivity contribution in [2.45, 2.75) is 37.5 Å². The molecule has 0 spiro atoms. The van der Waals surface area contributed by atoms with Gasteiger partial charge in [-0.15, -0.1) is 11.3 Å². The van der Waals surface area contributed by atoms with E-state index in [1.54, 1.807) is 17.7 Å². The van der Waals surface area contributed by atoms with Crippen LogP contribution in [0.5, 0.6) is 0 Å². The summed E-state index contributed by atoms with van der Waals surface area (Å²) in [5.74, 6) is 0.925. The van der Waals surface area contributed by atoms with E-state index < -0.39 is 0 Å². The summed E-state index contributed by atoms with van der Waals surface area (Å²) < 4.78 is 17.5. The Balaban J connectivity index is 1.70. The molecule has 3 aromatic rings. The first kappa shape index (κ1) is 20.9. The Morgan fingerprint density at radius 2 is 2.10 bits per heavy atom. The number of morpholine rings is 1. The lowest BCUT2D eigenvalue weighted by Crippen LogP contribution is -2.39. The number of carbonyl (C=O) groups excluding carboxylic acids is 1. The highest BCUT2D eigenvalue weighted by molar-refractivity contribution is 8.00. The fourth-order valence-corrected chi connectivity index (χ4v) is 6.16. The predicted molar refractivity (Wildman–Crippen MR) is 121 cm³/mol. The maximum Gasteiger partial charge on any atom is 0.316 e. The Bertz CT molecular complexity index is 1160. The van der Waals surface area contributed by atoms with Crippen LogP contribution in [0.1, 0.15) is 25.0 Å². The number of hydrogen-bond donors (Lipinski definition) is 0. The van der Waals surface area contributed by atoms with Crippen molar-refractivity contribution >= 4 is 55.3 Å². The Labute approximate surface area is 188 Å². The molecule has 0 aromatic carbocycles. The second-order valence-corrected chi connectivity index (χ2v) is 10.2. The first-order chi connectivity index (χ1) is 15.0. The van der Waals surface area contributed by atoms with E-state index in [0.29, 0.717) is 19.8 Å². The minimum absolute atomic E-state index is 0.211. The van der Waals surface area contributed by atoms with E-state index in [1.807, 2.05) is 0 Å². The highest BCUT2D eigenvalue weighted by Crippen LogP contribution is 2.44. The van der Waals surface area contributed by atoms with Gasteiger partial charge in [-0.1, -0.05) is 11.8 Å². The van der Waals surface area contributed by atoms with Gasteiger partial charge in [0, 0.05) is 30.5 Å². The zero-order valence-corrected chi connectivity index (χ0v) is 19.4. The smallest absolute Gasteiger partial charge is 0.316 e. The molecule has 31 heavy (non-hydrogen) atoms. The number of carbonyl (C=O) groups is 1. The molecule has 5 heterocycles. The van der Waals surface area contributed by atoms with Crippen LogP contribution in [0.15, 0.2) is 11.4 Å². The number of esters is 1. The molecule has 0 saturated carbocycles. The molecule has 3 aromatic heterocycles. The summed E-state index contributed by atoms with van der Waals surface area (Å²) >= 11 is 2.96. The van der Waals surface area contributed by atoms with Crippen molar-refractivity contribution in [3.8, 4) is 0 Å². The summed E-state index contributed by atoms with van der Waals surface area (Å²) in [6, 6.07) is 0. The lowest BCUT2D eigenvalue weighted by molar-refractivity contribution is -0.137. The molecule has 0 radical (unpaired) electrons. The largest absolute Gasteiger partial charge is 0.468 e. The van der Waals surface area contributed by atoms with Crippen LogP contribution in [0.2, 0.25) is 0 Å². The molecule has 0 unspecified atom stereocenters. The first-order valence-corrected chi connectivity index (χ1v) is 12.0. The van der Waals surface area contributed by atoms with E-state index in [-0.39, 0.29) is 17.3 Å². The molecule has 1 saturated heterocycles. The third-order valence-electron chi connectivity index (χ3n) is 5.64. The van der Waals surface area contributed by atoms with Crippen molar-refractivity contribution in [2.75, 3.05) is 44.1 Å². The monoisotopic (exact) mass is 460 g/mol. The van der Waals surface area contributed by atoms with Gasteiger partial charge in [0.05, 0.1) is 48.5 Å². The molecule has 2 aliphatic heterocycles. The quantitative estimate of drug-likeness (QED) is 0.331. The summed E-state index contributed by atoms with van der Waals surface area (Å²) in [5, 5.41) is 1.87. The minimum atomic E-state index is -0.276. The third-order valence-corrected chi connectivity index (χ3v) is 7.81. The standard InChI is InChI=1S/C21H24N4O4S2/c1-21(2)8-12-13(9-29-21)18(25-4-6-28-7-5-25)24-19-15(12)16-17(31-19)20(23-11-22-16)30-10-14(26)27-3/h11H,4-10H2,1-3H3. The molecule has 0 atom stereocenters. The molecule has 10 heteroatoms. The number of methoxy groups -OCH3 is 1. The van der Waals surface area contributed by atoms with Crippen LogP contribution in [0.4, 0.5) is 5.82 Å². The van der Waals surface area contributed by atoms with Crippen molar-refractivity contribution in [2.24, 2.45) is 0 Å². The number of anilines is 1. The number of hydrogen-bond acceptors (Lipinski definition) is 10. The highest BCUT2D eigenvalue weighted by atomic mass is 32.2. The predicted octanol–water partition coefficient (Wildman–Crippen LogP) is 3.19. The second-order valence-electron chi connectivity index (χ2n) is 8.22. The van der Waals surface area contributed by atoms with Crippen molar-refractivity contribution in [3.63, 3.8) is 0 Å². The van der Waals surface area contributed by atoms with Crippen LogP contribution in [-0.4, -0.2) is 65.7 Å². The van der Waals surface area contributed by atoms with Crippen LogP contribution in [0.3, 0.4) is 0 Å². The zero-order valence-electron chi connectivity index (χ0n) is 17.8. The van der Waals surface area contributed by atoms with Crippen LogP contribution in [0.25, 0.3) is 20.4 Å². The summed E-state index contributed by atoms with van der Waals surface area (Å²) in [7, 11) is 1.39. The van der Waals surface area contributed by atoms with E-state index in [0.717, 1.165) is 56.4 Å². The van der Waals surface area contributed by atoms with Gasteiger partial charge in [0.15, 0.2) is 0 Å². The van der Waals surface area contributed by atoms with Crippen molar-refractivity contribution < 1.29 is 19.0 Å². The number of pyridine rings is 1. The van der Waals surface area contributed by atoms with Gasteiger partial charge in [-0.25, -0.2) is 15.0 Å². The van der Waals surface area contributed by atoms with Gasteiger partial charge in [-0.3, -0.25) is 4.79 Å². The number of fused-ring (bicyclic) bond motifs is 5. The van der Waals surface area contributed by atoms with Crippen LogP contribution in [0, 0.1) is 0 Å². The molecule has 0 bridgehead atoms. The van der Waals surface area contributed by atoms with Crippen molar-refractivity contribution in [3.05, 3.63) is 17.5 Å². The number of thiophene rings is 1. The topological polar surface area (TPSA) is 86.7 Å². The van der Waals surface area contributed by atoms with Gasteiger partial charge in [-0.05, 0) is 19.4 Å². The van der Waals surface area contributed by atoms with Gasteiger partial charge >= 0.3 is 5.97 Å². The number of aromatic nitrogens is 3. The number of nitrogens with zero attached hydrogens (tertiary/aromatic N) is 4. The normalized spacial score (nSPS) is 18.4. The lowest BCUT2D eigenvalue weighted by Gasteiger charge is -2.36. The maximum absolute atomic E-state index is 11.7. The average Bonchev–Trinajstić information content (AvgIpc) is 3.16. The molecule has 0 N–H and O–H groups in total. The Morgan fingerprint density at radius 1 is 1.29 bits per heavy atom. The average molecular weight is 461 g/mol. The van der Waals surface area contributed by atoms with Gasteiger partial charge in [-0.2, -0.15) is 0 Å². The molecule has 8 nitrogen and oxygen atoms in total. The molecule has 1 fully saturated rings. The zero-order chi connectivity index (χ0) is 21.6. The molecular weight excluding hydrogens is 436 g/mol. The minimum Gasteiger partial charge on any atom is -0.468 e. The van der Waals surface area contributed by atoms with E-state index in [4.69, 9.17) is 19.2 Å². The number of rotatable bonds is 4. The van der Waals surface area contributed by atoms with Crippen LogP contribution in [-0.2, 0) is 32.0 Å². The molecule has 0 aliphatic carbocycles. The first-order valence-electron chi connectivity index (χ1n) is 10.2. The van der Waals surface area contributed by atoms with E-state index >= 15 is 0 Å². The fraction of sp³-hybridized carbons (Fsp3) is 0.524. The molecule has 2 aliphatic rings. The van der Waals surface area contributed by atoms with Crippen LogP contribution >= 0.6 is 23.1 Å². The summed E-state index contributed by atoms with van der Waals surface area (Å²) in [5.41, 5.74) is 3.05. The Hall–Kier alpha value is -2.01. The SMILES string of the molecule is COC(=O)CSc1ncnc2c1sc1nc(N3CCOCC3)c3c(c12)CC(C)(C)OC3. The number of ether oxygens (including phenoxy) is 3. The Morgan fingerprint density at radius 3 is 2.87 bits per heavy atom. The fourth-order valence-electron chi connectivity index (χ4n) is 4.09. The van der Waals surface area contributed by atoms with Crippen LogP contribution < -0.4 is 4.90 Å².